The Morgan fingerprint density at radius 1 is 1.50 bits per heavy atom. The van der Waals surface area contributed by atoms with E-state index in [0.717, 1.165) is 0 Å². The van der Waals surface area contributed by atoms with Crippen molar-refractivity contribution in [1.29, 1.82) is 0 Å². The lowest BCUT2D eigenvalue weighted by atomic mass is 10.2. The molecule has 2 rings (SSSR count). The molecule has 6 heteroatoms. The highest BCUT2D eigenvalue weighted by Crippen LogP contribution is 2.13. The quantitative estimate of drug-likeness (QED) is 0.852. The molecule has 94 valence electrons. The maximum Gasteiger partial charge on any atom is 0.251 e. The van der Waals surface area contributed by atoms with E-state index in [9.17, 15) is 4.79 Å². The van der Waals surface area contributed by atoms with Gasteiger partial charge < -0.3 is 10.1 Å². The van der Waals surface area contributed by atoms with Crippen LogP contribution in [0, 0.1) is 0 Å². The van der Waals surface area contributed by atoms with E-state index in [0.29, 0.717) is 17.1 Å². The van der Waals surface area contributed by atoms with Crippen LogP contribution in [0.15, 0.2) is 30.6 Å². The van der Waals surface area contributed by atoms with Crippen LogP contribution in [0.2, 0.25) is 0 Å². The zero-order chi connectivity index (χ0) is 13.0. The van der Waals surface area contributed by atoms with Gasteiger partial charge in [-0.2, -0.15) is 5.10 Å². The summed E-state index contributed by atoms with van der Waals surface area (Å²) in [6.07, 6.45) is 1.41. The molecule has 2 N–H and O–H groups in total. The smallest absolute Gasteiger partial charge is 0.251 e. The van der Waals surface area contributed by atoms with Gasteiger partial charge in [0.05, 0.1) is 13.2 Å². The molecule has 0 saturated carbocycles. The predicted molar refractivity (Wildman–Crippen MR) is 65.3 cm³/mol. The number of aromatic amines is 1. The van der Waals surface area contributed by atoms with E-state index in [1.807, 2.05) is 6.92 Å². The molecule has 1 amide bonds. The molecule has 0 aliphatic carbocycles. The van der Waals surface area contributed by atoms with Crippen LogP contribution in [-0.2, 0) is 0 Å². The molecule has 6 nitrogen and oxygen atoms in total. The van der Waals surface area contributed by atoms with Crippen LogP contribution in [-0.4, -0.2) is 28.2 Å². The molecule has 0 aliphatic heterocycles. The number of methoxy groups -OCH3 is 1. The normalized spacial score (nSPS) is 11.9. The van der Waals surface area contributed by atoms with Gasteiger partial charge in [-0.25, -0.2) is 4.98 Å². The van der Waals surface area contributed by atoms with Crippen molar-refractivity contribution < 1.29 is 9.53 Å². The van der Waals surface area contributed by atoms with E-state index in [1.54, 1.807) is 31.4 Å². The van der Waals surface area contributed by atoms with Crippen LogP contribution < -0.4 is 10.1 Å². The van der Waals surface area contributed by atoms with E-state index < -0.39 is 0 Å². The highest BCUT2D eigenvalue weighted by atomic mass is 16.5. The van der Waals surface area contributed by atoms with Gasteiger partial charge in [-0.05, 0) is 25.1 Å². The van der Waals surface area contributed by atoms with Gasteiger partial charge in [-0.3, -0.25) is 9.89 Å². The van der Waals surface area contributed by atoms with Gasteiger partial charge >= 0.3 is 0 Å². The molecule has 0 aliphatic rings. The molecule has 0 fully saturated rings. The number of amides is 1. The summed E-state index contributed by atoms with van der Waals surface area (Å²) in [6, 6.07) is 6.74. The molecule has 1 atom stereocenters. The van der Waals surface area contributed by atoms with Crippen LogP contribution >= 0.6 is 0 Å². The fourth-order valence-corrected chi connectivity index (χ4v) is 1.54. The number of carbonyl (C=O) groups excluding carboxylic acids is 1. The Kier molecular flexibility index (Phi) is 3.57. The largest absolute Gasteiger partial charge is 0.497 e. The number of ether oxygens (including phenoxy) is 1. The topological polar surface area (TPSA) is 79.9 Å². The van der Waals surface area contributed by atoms with Gasteiger partial charge in [0, 0.05) is 5.56 Å². The summed E-state index contributed by atoms with van der Waals surface area (Å²) < 4.78 is 5.07. The second-order valence-corrected chi connectivity index (χ2v) is 3.80. The first-order valence-corrected chi connectivity index (χ1v) is 5.51. The van der Waals surface area contributed by atoms with Crippen LogP contribution in [0.25, 0.3) is 0 Å². The first kappa shape index (κ1) is 12.1. The lowest BCUT2D eigenvalue weighted by molar-refractivity contribution is 0.0938. The van der Waals surface area contributed by atoms with Crippen molar-refractivity contribution in [3.63, 3.8) is 0 Å². The summed E-state index contributed by atoms with van der Waals surface area (Å²) in [4.78, 5) is 16.0. The minimum Gasteiger partial charge on any atom is -0.497 e. The molecule has 18 heavy (non-hydrogen) atoms. The highest BCUT2D eigenvalue weighted by molar-refractivity contribution is 5.94. The number of H-pyrrole nitrogens is 1. The Bertz CT molecular complexity index is 525. The molecular formula is C12H14N4O2. The van der Waals surface area contributed by atoms with Crippen LogP contribution in [0.5, 0.6) is 5.75 Å². The minimum absolute atomic E-state index is 0.183. The second kappa shape index (κ2) is 5.31. The number of hydrogen-bond donors (Lipinski definition) is 2. The van der Waals surface area contributed by atoms with Crippen molar-refractivity contribution in [2.24, 2.45) is 0 Å². The predicted octanol–water partition coefficient (Wildman–Crippen LogP) is 1.30. The Balaban J connectivity index is 2.07. The first-order chi connectivity index (χ1) is 8.70. The third kappa shape index (κ3) is 2.65. The van der Waals surface area contributed by atoms with E-state index in [4.69, 9.17) is 4.74 Å². The molecule has 0 radical (unpaired) electrons. The van der Waals surface area contributed by atoms with E-state index in [-0.39, 0.29) is 11.9 Å². The SMILES string of the molecule is COc1cccc(C(=O)NC(C)c2ncn[nH]2)c1. The molecule has 0 spiro atoms. The number of nitrogens with one attached hydrogen (secondary N) is 2. The fraction of sp³-hybridized carbons (Fsp3) is 0.250. The summed E-state index contributed by atoms with van der Waals surface area (Å²) in [6.45, 7) is 1.83. The molecule has 1 aromatic heterocycles. The number of aromatic nitrogens is 3. The third-order valence-electron chi connectivity index (χ3n) is 2.52. The van der Waals surface area contributed by atoms with Gasteiger partial charge in [0.15, 0.2) is 0 Å². The molecular weight excluding hydrogens is 232 g/mol. The van der Waals surface area contributed by atoms with Crippen molar-refractivity contribution in [3.05, 3.63) is 42.0 Å². The first-order valence-electron chi connectivity index (χ1n) is 5.51. The van der Waals surface area contributed by atoms with Crippen molar-refractivity contribution in [2.75, 3.05) is 7.11 Å². The van der Waals surface area contributed by atoms with Gasteiger partial charge in [0.25, 0.3) is 5.91 Å². The average Bonchev–Trinajstić information content (AvgIpc) is 2.92. The molecule has 1 unspecified atom stereocenters. The molecule has 0 saturated heterocycles. The van der Waals surface area contributed by atoms with Crippen LogP contribution in [0.4, 0.5) is 0 Å². The number of rotatable bonds is 4. The summed E-state index contributed by atoms with van der Waals surface area (Å²) >= 11 is 0. The summed E-state index contributed by atoms with van der Waals surface area (Å²) in [5, 5.41) is 9.28. The van der Waals surface area contributed by atoms with Gasteiger partial charge in [0.1, 0.15) is 17.9 Å². The summed E-state index contributed by atoms with van der Waals surface area (Å²) in [5.74, 6) is 1.08. The average molecular weight is 246 g/mol. The second-order valence-electron chi connectivity index (χ2n) is 3.80. The van der Waals surface area contributed by atoms with Gasteiger partial charge in [-0.1, -0.05) is 6.07 Å². The number of nitrogens with zero attached hydrogens (tertiary/aromatic N) is 2. The Labute approximate surface area is 104 Å². The number of hydrogen-bond acceptors (Lipinski definition) is 4. The summed E-state index contributed by atoms with van der Waals surface area (Å²) in [7, 11) is 1.56. The number of carbonyl (C=O) groups is 1. The number of benzene rings is 1. The van der Waals surface area contributed by atoms with Crippen molar-refractivity contribution in [3.8, 4) is 5.75 Å². The zero-order valence-electron chi connectivity index (χ0n) is 10.2. The van der Waals surface area contributed by atoms with E-state index in [1.165, 1.54) is 6.33 Å². The fourth-order valence-electron chi connectivity index (χ4n) is 1.54. The van der Waals surface area contributed by atoms with Crippen LogP contribution in [0.3, 0.4) is 0 Å². The standard InChI is InChI=1S/C12H14N4O2/c1-8(11-13-7-14-16-11)15-12(17)9-4-3-5-10(6-9)18-2/h3-8H,1-2H3,(H,15,17)(H,13,14,16). The maximum atomic E-state index is 12.0. The third-order valence-corrected chi connectivity index (χ3v) is 2.52. The Morgan fingerprint density at radius 3 is 3.00 bits per heavy atom. The monoisotopic (exact) mass is 246 g/mol. The maximum absolute atomic E-state index is 12.0. The molecule has 0 bridgehead atoms. The molecule has 1 aromatic carbocycles. The van der Waals surface area contributed by atoms with Crippen molar-refractivity contribution >= 4 is 5.91 Å². The minimum atomic E-state index is -0.230. The summed E-state index contributed by atoms with van der Waals surface area (Å²) in [5.41, 5.74) is 0.542. The lowest BCUT2D eigenvalue weighted by Crippen LogP contribution is -2.27. The van der Waals surface area contributed by atoms with Gasteiger partial charge in [-0.15, -0.1) is 0 Å². The molecule has 1 heterocycles. The lowest BCUT2D eigenvalue weighted by Gasteiger charge is -2.11. The van der Waals surface area contributed by atoms with Crippen molar-refractivity contribution in [2.45, 2.75) is 13.0 Å². The van der Waals surface area contributed by atoms with Crippen molar-refractivity contribution in [1.82, 2.24) is 20.5 Å². The molecule has 2 aromatic rings. The zero-order valence-corrected chi connectivity index (χ0v) is 10.2. The van der Waals surface area contributed by atoms with Crippen LogP contribution in [0.1, 0.15) is 29.1 Å². The van der Waals surface area contributed by atoms with Gasteiger partial charge in [0.2, 0.25) is 0 Å². The highest BCUT2D eigenvalue weighted by Gasteiger charge is 2.13. The van der Waals surface area contributed by atoms with E-state index >= 15 is 0 Å². The Morgan fingerprint density at radius 2 is 2.33 bits per heavy atom. The van der Waals surface area contributed by atoms with E-state index in [2.05, 4.69) is 20.5 Å². The Hall–Kier alpha value is -2.37.